The first-order valence-electron chi connectivity index (χ1n) is 7.08. The van der Waals surface area contributed by atoms with Crippen LogP contribution >= 0.6 is 0 Å². The average Bonchev–Trinajstić information content (AvgIpc) is 2.42. The lowest BCUT2D eigenvalue weighted by molar-refractivity contribution is -0.144. The van der Waals surface area contributed by atoms with Gasteiger partial charge in [0.25, 0.3) is 0 Å². The average molecular weight is 281 g/mol. The van der Waals surface area contributed by atoms with Crippen LogP contribution in [0.4, 0.5) is 0 Å². The van der Waals surface area contributed by atoms with Crippen LogP contribution in [0.25, 0.3) is 0 Å². The fraction of sp³-hybridized carbons (Fsp3) is 0.786. The van der Waals surface area contributed by atoms with Gasteiger partial charge in [-0.3, -0.25) is 4.79 Å². The molecular formula is C14H23N3O3. The third kappa shape index (κ3) is 4.82. The number of nitriles is 1. The Morgan fingerprint density at radius 3 is 2.45 bits per heavy atom. The van der Waals surface area contributed by atoms with Crippen LogP contribution in [0.15, 0.2) is 0 Å². The first kappa shape index (κ1) is 16.4. The molecule has 1 amide bonds. The molecule has 112 valence electrons. The third-order valence-electron chi connectivity index (χ3n) is 3.73. The van der Waals surface area contributed by atoms with Crippen LogP contribution in [0.3, 0.4) is 0 Å². The van der Waals surface area contributed by atoms with Crippen molar-refractivity contribution < 1.29 is 14.7 Å². The molecule has 1 aliphatic heterocycles. The van der Waals surface area contributed by atoms with Gasteiger partial charge < -0.3 is 15.3 Å². The first-order chi connectivity index (χ1) is 9.45. The van der Waals surface area contributed by atoms with Crippen LogP contribution in [0.5, 0.6) is 0 Å². The molecule has 1 aliphatic rings. The van der Waals surface area contributed by atoms with Crippen molar-refractivity contribution in [3.63, 3.8) is 0 Å². The molecule has 0 spiro atoms. The lowest BCUT2D eigenvalue weighted by Crippen LogP contribution is -2.48. The maximum absolute atomic E-state index is 12.1. The van der Waals surface area contributed by atoms with E-state index in [-0.39, 0.29) is 17.7 Å². The van der Waals surface area contributed by atoms with Gasteiger partial charge >= 0.3 is 5.97 Å². The number of amides is 1. The van der Waals surface area contributed by atoms with Gasteiger partial charge in [-0.05, 0) is 31.8 Å². The SMILES string of the molecule is CC(C)C(NC(=O)C1CCN(CCC#N)CC1)C(=O)O. The molecule has 1 fully saturated rings. The van der Waals surface area contributed by atoms with Crippen LogP contribution in [-0.2, 0) is 9.59 Å². The normalized spacial score (nSPS) is 18.5. The summed E-state index contributed by atoms with van der Waals surface area (Å²) >= 11 is 0. The van der Waals surface area contributed by atoms with E-state index in [9.17, 15) is 9.59 Å². The number of nitrogens with one attached hydrogen (secondary N) is 1. The molecule has 1 saturated heterocycles. The van der Waals surface area contributed by atoms with Crippen LogP contribution in [0, 0.1) is 23.2 Å². The van der Waals surface area contributed by atoms with Crippen LogP contribution < -0.4 is 5.32 Å². The number of aliphatic carboxylic acids is 1. The van der Waals surface area contributed by atoms with Crippen molar-refractivity contribution >= 4 is 11.9 Å². The van der Waals surface area contributed by atoms with Crippen molar-refractivity contribution in [1.82, 2.24) is 10.2 Å². The molecule has 1 rings (SSSR count). The molecule has 0 aromatic carbocycles. The number of rotatable bonds is 6. The van der Waals surface area contributed by atoms with E-state index in [1.165, 1.54) is 0 Å². The zero-order chi connectivity index (χ0) is 15.1. The monoisotopic (exact) mass is 281 g/mol. The van der Waals surface area contributed by atoms with Gasteiger partial charge in [0.15, 0.2) is 0 Å². The van der Waals surface area contributed by atoms with Crippen LogP contribution in [0.1, 0.15) is 33.1 Å². The van der Waals surface area contributed by atoms with Gasteiger partial charge in [-0.15, -0.1) is 0 Å². The molecule has 0 aromatic heterocycles. The summed E-state index contributed by atoms with van der Waals surface area (Å²) in [6.45, 7) is 5.89. The molecule has 1 atom stereocenters. The van der Waals surface area contributed by atoms with Gasteiger partial charge in [0, 0.05) is 18.9 Å². The molecule has 6 heteroatoms. The first-order valence-corrected chi connectivity index (χ1v) is 7.08. The van der Waals surface area contributed by atoms with Crippen molar-refractivity contribution in [1.29, 1.82) is 5.26 Å². The highest BCUT2D eigenvalue weighted by Crippen LogP contribution is 2.18. The van der Waals surface area contributed by atoms with E-state index >= 15 is 0 Å². The molecule has 0 aliphatic carbocycles. The number of carboxylic acids is 1. The number of carbonyl (C=O) groups is 2. The van der Waals surface area contributed by atoms with Crippen molar-refractivity contribution in [2.24, 2.45) is 11.8 Å². The Balaban J connectivity index is 2.43. The quantitative estimate of drug-likeness (QED) is 0.752. The molecule has 20 heavy (non-hydrogen) atoms. The van der Waals surface area contributed by atoms with Crippen LogP contribution in [-0.4, -0.2) is 47.6 Å². The van der Waals surface area contributed by atoms with E-state index < -0.39 is 12.0 Å². The number of carbonyl (C=O) groups excluding carboxylic acids is 1. The molecule has 2 N–H and O–H groups in total. The molecule has 6 nitrogen and oxygen atoms in total. The minimum atomic E-state index is -0.986. The Hall–Kier alpha value is -1.61. The van der Waals surface area contributed by atoms with E-state index in [0.29, 0.717) is 6.42 Å². The van der Waals surface area contributed by atoms with Crippen molar-refractivity contribution in [2.75, 3.05) is 19.6 Å². The number of hydrogen-bond acceptors (Lipinski definition) is 4. The minimum absolute atomic E-state index is 0.117. The molecule has 0 bridgehead atoms. The second-order valence-electron chi connectivity index (χ2n) is 5.59. The summed E-state index contributed by atoms with van der Waals surface area (Å²) in [5.74, 6) is -1.40. The second-order valence-corrected chi connectivity index (χ2v) is 5.59. The van der Waals surface area contributed by atoms with E-state index in [1.807, 2.05) is 0 Å². The molecule has 1 heterocycles. The third-order valence-corrected chi connectivity index (χ3v) is 3.73. The summed E-state index contributed by atoms with van der Waals surface area (Å²) in [6, 6.07) is 1.29. The summed E-state index contributed by atoms with van der Waals surface area (Å²) in [5.41, 5.74) is 0. The lowest BCUT2D eigenvalue weighted by Gasteiger charge is -2.31. The molecule has 1 unspecified atom stereocenters. The van der Waals surface area contributed by atoms with Crippen molar-refractivity contribution in [2.45, 2.75) is 39.2 Å². The fourth-order valence-corrected chi connectivity index (χ4v) is 2.41. The Bertz CT molecular complexity index is 382. The second kappa shape index (κ2) is 7.85. The van der Waals surface area contributed by atoms with E-state index in [4.69, 9.17) is 10.4 Å². The Morgan fingerprint density at radius 1 is 1.40 bits per heavy atom. The van der Waals surface area contributed by atoms with Crippen LogP contribution in [0.2, 0.25) is 0 Å². The van der Waals surface area contributed by atoms with Crippen molar-refractivity contribution in [3.8, 4) is 6.07 Å². The van der Waals surface area contributed by atoms with Gasteiger partial charge in [-0.2, -0.15) is 5.26 Å². The summed E-state index contributed by atoms with van der Waals surface area (Å²) < 4.78 is 0. The highest BCUT2D eigenvalue weighted by atomic mass is 16.4. The van der Waals surface area contributed by atoms with Gasteiger partial charge in [0.1, 0.15) is 6.04 Å². The van der Waals surface area contributed by atoms with Gasteiger partial charge in [0.2, 0.25) is 5.91 Å². The highest BCUT2D eigenvalue weighted by Gasteiger charge is 2.29. The van der Waals surface area contributed by atoms with E-state index in [1.54, 1.807) is 13.8 Å². The fourth-order valence-electron chi connectivity index (χ4n) is 2.41. The van der Waals surface area contributed by atoms with Gasteiger partial charge in [-0.25, -0.2) is 4.79 Å². The molecular weight excluding hydrogens is 258 g/mol. The number of carboxylic acid groups (broad SMARTS) is 1. The van der Waals surface area contributed by atoms with E-state index in [2.05, 4.69) is 16.3 Å². The lowest BCUT2D eigenvalue weighted by atomic mass is 9.94. The summed E-state index contributed by atoms with van der Waals surface area (Å²) in [5, 5.41) is 20.3. The molecule has 0 saturated carbocycles. The zero-order valence-corrected chi connectivity index (χ0v) is 12.1. The van der Waals surface area contributed by atoms with Gasteiger partial charge in [-0.1, -0.05) is 13.8 Å². The maximum atomic E-state index is 12.1. The smallest absolute Gasteiger partial charge is 0.326 e. The Kier molecular flexibility index (Phi) is 6.46. The predicted octanol–water partition coefficient (Wildman–Crippen LogP) is 0.837. The number of nitrogens with zero attached hydrogens (tertiary/aromatic N) is 2. The Labute approximate surface area is 119 Å². The minimum Gasteiger partial charge on any atom is -0.480 e. The molecule has 0 radical (unpaired) electrons. The predicted molar refractivity (Wildman–Crippen MR) is 73.8 cm³/mol. The molecule has 0 aromatic rings. The largest absolute Gasteiger partial charge is 0.480 e. The van der Waals surface area contributed by atoms with Gasteiger partial charge in [0.05, 0.1) is 6.07 Å². The van der Waals surface area contributed by atoms with E-state index in [0.717, 1.165) is 32.5 Å². The number of likely N-dealkylation sites (tertiary alicyclic amines) is 1. The number of piperidine rings is 1. The number of hydrogen-bond donors (Lipinski definition) is 2. The topological polar surface area (TPSA) is 93.4 Å². The Morgan fingerprint density at radius 2 is 2.00 bits per heavy atom. The maximum Gasteiger partial charge on any atom is 0.326 e. The zero-order valence-electron chi connectivity index (χ0n) is 12.1. The standard InChI is InChI=1S/C14H23N3O3/c1-10(2)12(14(19)20)16-13(18)11-4-8-17(9-5-11)7-3-6-15/h10-12H,3-5,7-9H2,1-2H3,(H,16,18)(H,19,20). The highest BCUT2D eigenvalue weighted by molar-refractivity contribution is 5.85. The summed E-state index contributed by atoms with van der Waals surface area (Å²) in [6.07, 6.45) is 1.95. The summed E-state index contributed by atoms with van der Waals surface area (Å²) in [7, 11) is 0. The summed E-state index contributed by atoms with van der Waals surface area (Å²) in [4.78, 5) is 25.3. The van der Waals surface area contributed by atoms with Crippen molar-refractivity contribution in [3.05, 3.63) is 0 Å².